The first-order valence-corrected chi connectivity index (χ1v) is 8.23. The second-order valence-corrected chi connectivity index (χ2v) is 7.57. The summed E-state index contributed by atoms with van der Waals surface area (Å²) in [7, 11) is 0. The van der Waals surface area contributed by atoms with Gasteiger partial charge in [0, 0.05) is 11.3 Å². The van der Waals surface area contributed by atoms with E-state index in [2.05, 4.69) is 38.1 Å². The van der Waals surface area contributed by atoms with Gasteiger partial charge in [0.15, 0.2) is 0 Å². The van der Waals surface area contributed by atoms with E-state index in [1.54, 1.807) is 11.1 Å². The Kier molecular flexibility index (Phi) is 2.64. The predicted octanol–water partition coefficient (Wildman–Crippen LogP) is 4.36. The van der Waals surface area contributed by atoms with E-state index < -0.39 is 0 Å². The lowest BCUT2D eigenvalue weighted by atomic mass is 9.55. The molecule has 1 aromatic carbocycles. The van der Waals surface area contributed by atoms with Gasteiger partial charge in [0.25, 0.3) is 0 Å². The van der Waals surface area contributed by atoms with Gasteiger partial charge in [-0.25, -0.2) is 0 Å². The van der Waals surface area contributed by atoms with Gasteiger partial charge in [-0.2, -0.15) is 0 Å². The van der Waals surface area contributed by atoms with Crippen LogP contribution in [0.15, 0.2) is 24.3 Å². The molecule has 0 bridgehead atoms. The molecule has 0 aliphatic heterocycles. The standard InChI is InChI=1S/C19H24O/c1-12-11-17-16-8-7-13-5-3-4-6-14(13)15(16)9-10-19(17,2)18(12)20/h3-6,12,15-17H,7-11H2,1-2H3. The first-order valence-electron chi connectivity index (χ1n) is 8.23. The number of Topliss-reactive ketones (excluding diaryl/α,β-unsaturated/α-hetero) is 1. The highest BCUT2D eigenvalue weighted by Gasteiger charge is 2.56. The van der Waals surface area contributed by atoms with Gasteiger partial charge in [-0.15, -0.1) is 0 Å². The maximum atomic E-state index is 12.6. The summed E-state index contributed by atoms with van der Waals surface area (Å²) in [4.78, 5) is 12.6. The molecule has 0 heterocycles. The zero-order valence-corrected chi connectivity index (χ0v) is 12.6. The van der Waals surface area contributed by atoms with Crippen LogP contribution in [0.3, 0.4) is 0 Å². The molecule has 1 aromatic rings. The summed E-state index contributed by atoms with van der Waals surface area (Å²) in [6.07, 6.45) is 5.97. The van der Waals surface area contributed by atoms with Crippen molar-refractivity contribution in [1.29, 1.82) is 0 Å². The van der Waals surface area contributed by atoms with E-state index in [0.29, 0.717) is 17.6 Å². The van der Waals surface area contributed by atoms with E-state index in [4.69, 9.17) is 0 Å². The number of hydrogen-bond acceptors (Lipinski definition) is 1. The molecular formula is C19H24O. The number of rotatable bonds is 0. The fourth-order valence-electron chi connectivity index (χ4n) is 5.63. The molecule has 0 spiro atoms. The van der Waals surface area contributed by atoms with Crippen molar-refractivity contribution in [1.82, 2.24) is 0 Å². The Morgan fingerprint density at radius 1 is 1.20 bits per heavy atom. The Morgan fingerprint density at radius 3 is 2.85 bits per heavy atom. The van der Waals surface area contributed by atoms with E-state index >= 15 is 0 Å². The Bertz CT molecular complexity index is 561. The lowest BCUT2D eigenvalue weighted by molar-refractivity contribution is -0.131. The highest BCUT2D eigenvalue weighted by molar-refractivity contribution is 5.89. The normalized spacial score (nSPS) is 42.8. The van der Waals surface area contributed by atoms with Gasteiger partial charge >= 0.3 is 0 Å². The Morgan fingerprint density at radius 2 is 2.00 bits per heavy atom. The summed E-state index contributed by atoms with van der Waals surface area (Å²) in [5.41, 5.74) is 3.15. The van der Waals surface area contributed by atoms with Crippen LogP contribution in [0.25, 0.3) is 0 Å². The zero-order valence-electron chi connectivity index (χ0n) is 12.6. The molecule has 5 unspecified atom stereocenters. The van der Waals surface area contributed by atoms with E-state index in [1.165, 1.54) is 19.3 Å². The summed E-state index contributed by atoms with van der Waals surface area (Å²) in [6, 6.07) is 9.02. The third kappa shape index (κ3) is 1.52. The highest BCUT2D eigenvalue weighted by Crippen LogP contribution is 2.60. The van der Waals surface area contributed by atoms with Crippen LogP contribution in [0, 0.1) is 23.2 Å². The first kappa shape index (κ1) is 12.6. The number of benzene rings is 1. The number of hydrogen-bond donors (Lipinski definition) is 0. The zero-order chi connectivity index (χ0) is 13.9. The molecule has 0 radical (unpaired) electrons. The van der Waals surface area contributed by atoms with Gasteiger partial charge in [0.2, 0.25) is 0 Å². The van der Waals surface area contributed by atoms with Crippen LogP contribution in [0.1, 0.15) is 56.6 Å². The van der Waals surface area contributed by atoms with Crippen LogP contribution in [-0.4, -0.2) is 5.78 Å². The number of aryl methyl sites for hydroxylation is 1. The Balaban J connectivity index is 1.74. The number of carbonyl (C=O) groups is 1. The third-order valence-electron chi connectivity index (χ3n) is 6.65. The minimum absolute atomic E-state index is 0.00708. The number of ketones is 1. The topological polar surface area (TPSA) is 17.1 Å². The Labute approximate surface area is 121 Å². The van der Waals surface area contributed by atoms with Gasteiger partial charge in [0.1, 0.15) is 5.78 Å². The molecular weight excluding hydrogens is 244 g/mol. The first-order chi connectivity index (χ1) is 9.61. The smallest absolute Gasteiger partial charge is 0.141 e. The second kappa shape index (κ2) is 4.19. The maximum absolute atomic E-state index is 12.6. The summed E-state index contributed by atoms with van der Waals surface area (Å²) >= 11 is 0. The monoisotopic (exact) mass is 268 g/mol. The molecule has 2 fully saturated rings. The molecule has 1 heteroatoms. The van der Waals surface area contributed by atoms with E-state index in [9.17, 15) is 4.79 Å². The van der Waals surface area contributed by atoms with Gasteiger partial charge in [-0.05, 0) is 61.0 Å². The van der Waals surface area contributed by atoms with Crippen molar-refractivity contribution >= 4 is 5.78 Å². The molecule has 4 rings (SSSR count). The van der Waals surface area contributed by atoms with Crippen molar-refractivity contribution in [2.45, 2.75) is 51.9 Å². The van der Waals surface area contributed by atoms with Crippen molar-refractivity contribution in [3.05, 3.63) is 35.4 Å². The van der Waals surface area contributed by atoms with E-state index in [0.717, 1.165) is 24.7 Å². The average Bonchev–Trinajstić information content (AvgIpc) is 2.71. The van der Waals surface area contributed by atoms with Crippen LogP contribution < -0.4 is 0 Å². The summed E-state index contributed by atoms with van der Waals surface area (Å²) in [6.45, 7) is 4.41. The summed E-state index contributed by atoms with van der Waals surface area (Å²) < 4.78 is 0. The van der Waals surface area contributed by atoms with Crippen LogP contribution in [0.2, 0.25) is 0 Å². The van der Waals surface area contributed by atoms with Crippen LogP contribution in [0.5, 0.6) is 0 Å². The van der Waals surface area contributed by atoms with Crippen molar-refractivity contribution in [2.24, 2.45) is 23.2 Å². The quantitative estimate of drug-likeness (QED) is 0.683. The van der Waals surface area contributed by atoms with E-state index in [1.807, 2.05) is 0 Å². The number of carbonyl (C=O) groups excluding carboxylic acids is 1. The summed E-state index contributed by atoms with van der Waals surface area (Å²) in [5, 5.41) is 0. The van der Waals surface area contributed by atoms with Crippen molar-refractivity contribution in [2.75, 3.05) is 0 Å². The van der Waals surface area contributed by atoms with Crippen LogP contribution >= 0.6 is 0 Å². The van der Waals surface area contributed by atoms with Crippen molar-refractivity contribution < 1.29 is 4.79 Å². The second-order valence-electron chi connectivity index (χ2n) is 7.57. The summed E-state index contributed by atoms with van der Waals surface area (Å²) in [5.74, 6) is 2.95. The van der Waals surface area contributed by atoms with Gasteiger partial charge in [0.05, 0.1) is 0 Å². The molecule has 106 valence electrons. The molecule has 5 atom stereocenters. The van der Waals surface area contributed by atoms with Crippen LogP contribution in [0.4, 0.5) is 0 Å². The minimum Gasteiger partial charge on any atom is -0.299 e. The fraction of sp³-hybridized carbons (Fsp3) is 0.632. The lowest BCUT2D eigenvalue weighted by Gasteiger charge is -2.48. The molecule has 3 aliphatic carbocycles. The van der Waals surface area contributed by atoms with Gasteiger partial charge in [-0.1, -0.05) is 38.1 Å². The molecule has 3 aliphatic rings. The number of fused-ring (bicyclic) bond motifs is 5. The SMILES string of the molecule is CC1CC2C3CCc4ccccc4C3CCC2(C)C1=O. The van der Waals surface area contributed by atoms with Crippen molar-refractivity contribution in [3.8, 4) is 0 Å². The maximum Gasteiger partial charge on any atom is 0.141 e. The molecule has 0 N–H and O–H groups in total. The minimum atomic E-state index is -0.00708. The van der Waals surface area contributed by atoms with Crippen LogP contribution in [-0.2, 0) is 11.2 Å². The highest BCUT2D eigenvalue weighted by atomic mass is 16.1. The fourth-order valence-corrected chi connectivity index (χ4v) is 5.63. The van der Waals surface area contributed by atoms with Crippen molar-refractivity contribution in [3.63, 3.8) is 0 Å². The molecule has 1 nitrogen and oxygen atoms in total. The largest absolute Gasteiger partial charge is 0.299 e. The lowest BCUT2D eigenvalue weighted by Crippen LogP contribution is -2.42. The molecule has 20 heavy (non-hydrogen) atoms. The predicted molar refractivity (Wildman–Crippen MR) is 80.6 cm³/mol. The van der Waals surface area contributed by atoms with E-state index in [-0.39, 0.29) is 5.41 Å². The third-order valence-corrected chi connectivity index (χ3v) is 6.65. The Hall–Kier alpha value is -1.11. The molecule has 0 aromatic heterocycles. The molecule has 0 amide bonds. The molecule has 2 saturated carbocycles. The molecule has 0 saturated heterocycles. The van der Waals surface area contributed by atoms with Gasteiger partial charge in [-0.3, -0.25) is 4.79 Å². The average molecular weight is 268 g/mol. The van der Waals surface area contributed by atoms with Gasteiger partial charge < -0.3 is 0 Å².